The van der Waals surface area contributed by atoms with Crippen molar-refractivity contribution in [3.63, 3.8) is 0 Å². The zero-order valence-corrected chi connectivity index (χ0v) is 11.7. The summed E-state index contributed by atoms with van der Waals surface area (Å²) in [6.07, 6.45) is 9.62. The highest BCUT2D eigenvalue weighted by Crippen LogP contribution is 2.37. The minimum absolute atomic E-state index is 0.144. The molecule has 0 radical (unpaired) electrons. The van der Waals surface area contributed by atoms with Gasteiger partial charge in [0.15, 0.2) is 5.84 Å². The SMILES string of the molecule is N/C(=N\O)c1ccnc(N2CCCC3CCCCC32)c1. The van der Waals surface area contributed by atoms with Crippen molar-refractivity contribution in [2.45, 2.75) is 44.6 Å². The molecule has 5 heteroatoms. The van der Waals surface area contributed by atoms with Crippen LogP contribution in [0.15, 0.2) is 23.5 Å². The number of hydrogen-bond acceptors (Lipinski definition) is 4. The third kappa shape index (κ3) is 2.44. The van der Waals surface area contributed by atoms with E-state index >= 15 is 0 Å². The second-order valence-electron chi connectivity index (χ2n) is 5.84. The lowest BCUT2D eigenvalue weighted by Crippen LogP contribution is -2.47. The number of nitrogens with zero attached hydrogens (tertiary/aromatic N) is 3. The molecule has 2 unspecified atom stereocenters. The summed E-state index contributed by atoms with van der Waals surface area (Å²) < 4.78 is 0. The molecule has 1 saturated heterocycles. The number of aromatic nitrogens is 1. The summed E-state index contributed by atoms with van der Waals surface area (Å²) in [5, 5.41) is 11.9. The van der Waals surface area contributed by atoms with Crippen LogP contribution in [-0.2, 0) is 0 Å². The van der Waals surface area contributed by atoms with Crippen molar-refractivity contribution >= 4 is 11.7 Å². The quantitative estimate of drug-likeness (QED) is 0.376. The summed E-state index contributed by atoms with van der Waals surface area (Å²) in [6.45, 7) is 1.06. The molecule has 1 aromatic rings. The summed E-state index contributed by atoms with van der Waals surface area (Å²) in [4.78, 5) is 6.94. The first kappa shape index (κ1) is 13.2. The number of anilines is 1. The Morgan fingerprint density at radius 3 is 2.95 bits per heavy atom. The molecule has 1 aliphatic carbocycles. The molecule has 2 atom stereocenters. The van der Waals surface area contributed by atoms with Crippen LogP contribution in [0.5, 0.6) is 0 Å². The molecule has 1 aliphatic heterocycles. The topological polar surface area (TPSA) is 74.7 Å². The molecule has 5 nitrogen and oxygen atoms in total. The first-order valence-corrected chi connectivity index (χ1v) is 7.50. The first-order valence-electron chi connectivity index (χ1n) is 7.50. The van der Waals surface area contributed by atoms with Crippen molar-refractivity contribution in [1.29, 1.82) is 0 Å². The van der Waals surface area contributed by atoms with Crippen molar-refractivity contribution in [2.24, 2.45) is 16.8 Å². The van der Waals surface area contributed by atoms with Crippen LogP contribution in [0.1, 0.15) is 44.1 Å². The van der Waals surface area contributed by atoms with E-state index in [-0.39, 0.29) is 5.84 Å². The van der Waals surface area contributed by atoms with E-state index in [0.717, 1.165) is 23.8 Å². The minimum Gasteiger partial charge on any atom is -0.409 e. The molecule has 20 heavy (non-hydrogen) atoms. The van der Waals surface area contributed by atoms with Gasteiger partial charge in [-0.15, -0.1) is 0 Å². The lowest BCUT2D eigenvalue weighted by molar-refractivity contribution is 0.243. The van der Waals surface area contributed by atoms with E-state index in [9.17, 15) is 0 Å². The first-order chi connectivity index (χ1) is 9.79. The van der Waals surface area contributed by atoms with Crippen molar-refractivity contribution in [2.75, 3.05) is 11.4 Å². The highest BCUT2D eigenvalue weighted by Gasteiger charge is 2.33. The predicted octanol–water partition coefficient (Wildman–Crippen LogP) is 2.34. The fourth-order valence-corrected chi connectivity index (χ4v) is 3.70. The van der Waals surface area contributed by atoms with E-state index in [2.05, 4.69) is 15.0 Å². The summed E-state index contributed by atoms with van der Waals surface area (Å²) in [5.41, 5.74) is 6.41. The van der Waals surface area contributed by atoms with Gasteiger partial charge in [0.25, 0.3) is 0 Å². The van der Waals surface area contributed by atoms with Crippen LogP contribution < -0.4 is 10.6 Å². The molecule has 1 saturated carbocycles. The zero-order chi connectivity index (χ0) is 13.9. The summed E-state index contributed by atoms with van der Waals surface area (Å²) >= 11 is 0. The van der Waals surface area contributed by atoms with E-state index < -0.39 is 0 Å². The highest BCUT2D eigenvalue weighted by molar-refractivity contribution is 5.97. The maximum Gasteiger partial charge on any atom is 0.170 e. The summed E-state index contributed by atoms with van der Waals surface area (Å²) in [6, 6.07) is 4.33. The monoisotopic (exact) mass is 274 g/mol. The number of nitrogens with two attached hydrogens (primary N) is 1. The molecule has 1 aromatic heterocycles. The van der Waals surface area contributed by atoms with Gasteiger partial charge in [0.05, 0.1) is 0 Å². The van der Waals surface area contributed by atoms with Gasteiger partial charge in [-0.2, -0.15) is 0 Å². The van der Waals surface area contributed by atoms with E-state index in [1.165, 1.54) is 38.5 Å². The molecule has 0 bridgehead atoms. The molecular formula is C15H22N4O. The maximum atomic E-state index is 8.81. The van der Waals surface area contributed by atoms with Crippen LogP contribution in [0.2, 0.25) is 0 Å². The van der Waals surface area contributed by atoms with E-state index in [0.29, 0.717) is 6.04 Å². The second-order valence-corrected chi connectivity index (χ2v) is 5.84. The van der Waals surface area contributed by atoms with Crippen LogP contribution in [0.3, 0.4) is 0 Å². The van der Waals surface area contributed by atoms with Crippen LogP contribution >= 0.6 is 0 Å². The Bertz CT molecular complexity index is 500. The van der Waals surface area contributed by atoms with Gasteiger partial charge in [-0.05, 0) is 43.7 Å². The summed E-state index contributed by atoms with van der Waals surface area (Å²) in [5.74, 6) is 1.92. The third-order valence-corrected chi connectivity index (χ3v) is 4.69. The number of amidine groups is 1. The lowest BCUT2D eigenvalue weighted by Gasteiger charge is -2.44. The third-order valence-electron chi connectivity index (χ3n) is 4.69. The molecule has 0 amide bonds. The average molecular weight is 274 g/mol. The van der Waals surface area contributed by atoms with Crippen molar-refractivity contribution in [3.05, 3.63) is 23.9 Å². The van der Waals surface area contributed by atoms with Gasteiger partial charge in [-0.3, -0.25) is 0 Å². The standard InChI is InChI=1S/C15H22N4O/c16-15(18-20)12-7-8-17-14(10-12)19-9-3-5-11-4-1-2-6-13(11)19/h7-8,10-11,13,20H,1-6,9H2,(H2,16,18). The van der Waals surface area contributed by atoms with Crippen LogP contribution in [-0.4, -0.2) is 28.6 Å². The Balaban J connectivity index is 1.87. The smallest absolute Gasteiger partial charge is 0.170 e. The van der Waals surface area contributed by atoms with Gasteiger partial charge in [0.2, 0.25) is 0 Å². The maximum absolute atomic E-state index is 8.81. The average Bonchev–Trinajstić information content (AvgIpc) is 2.53. The van der Waals surface area contributed by atoms with Gasteiger partial charge in [-0.1, -0.05) is 18.0 Å². The van der Waals surface area contributed by atoms with Gasteiger partial charge in [-0.25, -0.2) is 4.98 Å². The molecule has 0 spiro atoms. The molecule has 108 valence electrons. The summed E-state index contributed by atoms with van der Waals surface area (Å²) in [7, 11) is 0. The largest absolute Gasteiger partial charge is 0.409 e. The Hall–Kier alpha value is -1.78. The molecule has 2 heterocycles. The number of hydrogen-bond donors (Lipinski definition) is 2. The van der Waals surface area contributed by atoms with E-state index in [1.807, 2.05) is 6.07 Å². The number of pyridine rings is 1. The van der Waals surface area contributed by atoms with Gasteiger partial charge in [0.1, 0.15) is 5.82 Å². The molecular weight excluding hydrogens is 252 g/mol. The predicted molar refractivity (Wildman–Crippen MR) is 79.1 cm³/mol. The van der Waals surface area contributed by atoms with Crippen molar-refractivity contribution < 1.29 is 5.21 Å². The Morgan fingerprint density at radius 2 is 2.10 bits per heavy atom. The molecule has 3 rings (SSSR count). The molecule has 0 aromatic carbocycles. The number of oxime groups is 1. The Morgan fingerprint density at radius 1 is 1.30 bits per heavy atom. The second kappa shape index (κ2) is 5.69. The van der Waals surface area contributed by atoms with Gasteiger partial charge in [0, 0.05) is 24.3 Å². The Kier molecular flexibility index (Phi) is 3.76. The van der Waals surface area contributed by atoms with Crippen molar-refractivity contribution in [1.82, 2.24) is 4.98 Å². The van der Waals surface area contributed by atoms with E-state index in [4.69, 9.17) is 10.9 Å². The van der Waals surface area contributed by atoms with Gasteiger partial charge < -0.3 is 15.8 Å². The normalized spacial score (nSPS) is 27.2. The number of rotatable bonds is 2. The van der Waals surface area contributed by atoms with Crippen molar-refractivity contribution in [3.8, 4) is 0 Å². The lowest BCUT2D eigenvalue weighted by atomic mass is 9.78. The van der Waals surface area contributed by atoms with Crippen LogP contribution in [0, 0.1) is 5.92 Å². The zero-order valence-electron chi connectivity index (χ0n) is 11.7. The van der Waals surface area contributed by atoms with Crippen LogP contribution in [0.4, 0.5) is 5.82 Å². The van der Waals surface area contributed by atoms with Crippen LogP contribution in [0.25, 0.3) is 0 Å². The van der Waals surface area contributed by atoms with E-state index in [1.54, 1.807) is 12.3 Å². The number of piperidine rings is 1. The minimum atomic E-state index is 0.144. The fraction of sp³-hybridized carbons (Fsp3) is 0.600. The number of fused-ring (bicyclic) bond motifs is 1. The molecule has 3 N–H and O–H groups in total. The Labute approximate surface area is 119 Å². The highest BCUT2D eigenvalue weighted by atomic mass is 16.4. The molecule has 2 aliphatic rings. The molecule has 2 fully saturated rings. The fourth-order valence-electron chi connectivity index (χ4n) is 3.70. The van der Waals surface area contributed by atoms with Gasteiger partial charge >= 0.3 is 0 Å².